The van der Waals surface area contributed by atoms with Crippen molar-refractivity contribution in [2.24, 2.45) is 0 Å². The van der Waals surface area contributed by atoms with Gasteiger partial charge in [-0.05, 0) is 23.8 Å². The van der Waals surface area contributed by atoms with Gasteiger partial charge in [-0.1, -0.05) is 18.2 Å². The van der Waals surface area contributed by atoms with E-state index in [0.717, 1.165) is 6.07 Å². The first-order valence-corrected chi connectivity index (χ1v) is 8.61. The van der Waals surface area contributed by atoms with Crippen molar-refractivity contribution < 1.29 is 44.5 Å². The van der Waals surface area contributed by atoms with Crippen LogP contribution >= 0.6 is 0 Å². The number of benzene rings is 1. The molecule has 1 aromatic carbocycles. The third-order valence-electron chi connectivity index (χ3n) is 4.32. The molecule has 0 unspecified atom stereocenters. The number of hydrogen-bond acceptors (Lipinski definition) is 10. The summed E-state index contributed by atoms with van der Waals surface area (Å²) in [5, 5.41) is 58.0. The molecule has 0 aliphatic carbocycles. The maximum atomic E-state index is 12.2. The Labute approximate surface area is 164 Å². The van der Waals surface area contributed by atoms with Crippen LogP contribution in [-0.4, -0.2) is 68.0 Å². The van der Waals surface area contributed by atoms with Crippen LogP contribution in [0.25, 0.3) is 12.2 Å². The van der Waals surface area contributed by atoms with Gasteiger partial charge in [-0.2, -0.15) is 0 Å². The molecule has 0 radical (unpaired) electrons. The number of rotatable bonds is 5. The minimum atomic E-state index is -1.75. The van der Waals surface area contributed by atoms with Crippen LogP contribution in [0, 0.1) is 0 Å². The molecule has 0 saturated carbocycles. The number of ether oxygens (including phenoxy) is 2. The number of phenols is 1. The van der Waals surface area contributed by atoms with Gasteiger partial charge in [-0.3, -0.25) is 0 Å². The molecule has 0 spiro atoms. The first kappa shape index (κ1) is 20.8. The van der Waals surface area contributed by atoms with Crippen LogP contribution in [0.4, 0.5) is 0 Å². The number of phenolic OH excluding ortho intramolecular Hbond substituents is 1. The largest absolute Gasteiger partial charge is 0.508 e. The Bertz CT molecular complexity index is 918. The van der Waals surface area contributed by atoms with Gasteiger partial charge in [0, 0.05) is 6.07 Å². The maximum absolute atomic E-state index is 12.2. The molecule has 6 N–H and O–H groups in total. The van der Waals surface area contributed by atoms with E-state index in [9.17, 15) is 35.4 Å². The van der Waals surface area contributed by atoms with Crippen LogP contribution in [0.1, 0.15) is 11.3 Å². The molecule has 10 heteroatoms. The molecule has 2 aromatic rings. The molecule has 2 heterocycles. The molecule has 0 amide bonds. The number of hydrogen-bond donors (Lipinski definition) is 6. The van der Waals surface area contributed by atoms with Gasteiger partial charge in [0.1, 0.15) is 35.9 Å². The summed E-state index contributed by atoms with van der Waals surface area (Å²) in [6, 6.07) is 7.30. The van der Waals surface area contributed by atoms with Gasteiger partial charge < -0.3 is 44.5 Å². The molecule has 1 aliphatic heterocycles. The quantitative estimate of drug-likeness (QED) is 0.375. The highest BCUT2D eigenvalue weighted by atomic mass is 16.7. The molecular weight excluding hydrogens is 388 g/mol. The van der Waals surface area contributed by atoms with Gasteiger partial charge in [0.25, 0.3) is 0 Å². The highest BCUT2D eigenvalue weighted by molar-refractivity contribution is 5.68. The molecule has 3 rings (SSSR count). The monoisotopic (exact) mass is 408 g/mol. The number of aliphatic hydroxyl groups excluding tert-OH is 4. The Hall–Kier alpha value is -2.89. The van der Waals surface area contributed by atoms with E-state index >= 15 is 0 Å². The van der Waals surface area contributed by atoms with E-state index in [4.69, 9.17) is 13.9 Å². The molecule has 1 aromatic heterocycles. The third-order valence-corrected chi connectivity index (χ3v) is 4.32. The Kier molecular flexibility index (Phi) is 6.20. The van der Waals surface area contributed by atoms with Gasteiger partial charge >= 0.3 is 5.63 Å². The van der Waals surface area contributed by atoms with Crippen LogP contribution in [0.5, 0.6) is 17.2 Å². The van der Waals surface area contributed by atoms with Crippen molar-refractivity contribution in [3.8, 4) is 17.2 Å². The van der Waals surface area contributed by atoms with Gasteiger partial charge in [-0.15, -0.1) is 0 Å². The summed E-state index contributed by atoms with van der Waals surface area (Å²) in [5.41, 5.74) is -0.376. The van der Waals surface area contributed by atoms with E-state index in [1.165, 1.54) is 18.2 Å². The summed E-state index contributed by atoms with van der Waals surface area (Å²) in [6.45, 7) is -0.674. The normalized spacial score (nSPS) is 27.2. The highest BCUT2D eigenvalue weighted by Crippen LogP contribution is 2.28. The molecule has 1 fully saturated rings. The fraction of sp³-hybridized carbons (Fsp3) is 0.316. The van der Waals surface area contributed by atoms with Crippen molar-refractivity contribution in [1.29, 1.82) is 0 Å². The second-order valence-electron chi connectivity index (χ2n) is 6.39. The van der Waals surface area contributed by atoms with E-state index < -0.39 is 54.4 Å². The lowest BCUT2D eigenvalue weighted by Gasteiger charge is -2.39. The fourth-order valence-electron chi connectivity index (χ4n) is 2.72. The highest BCUT2D eigenvalue weighted by Gasteiger charge is 2.45. The first-order chi connectivity index (χ1) is 13.8. The molecular formula is C19H20O10. The zero-order valence-corrected chi connectivity index (χ0v) is 15.0. The molecule has 1 aliphatic rings. The van der Waals surface area contributed by atoms with Gasteiger partial charge in [0.15, 0.2) is 5.75 Å². The van der Waals surface area contributed by atoms with Gasteiger partial charge in [0.2, 0.25) is 12.0 Å². The van der Waals surface area contributed by atoms with Gasteiger partial charge in [0.05, 0.1) is 6.61 Å². The topological polar surface area (TPSA) is 170 Å². The lowest BCUT2D eigenvalue weighted by atomic mass is 9.99. The molecule has 10 nitrogen and oxygen atoms in total. The molecule has 1 saturated heterocycles. The van der Waals surface area contributed by atoms with Crippen molar-refractivity contribution in [2.75, 3.05) is 6.61 Å². The van der Waals surface area contributed by atoms with Gasteiger partial charge in [-0.25, -0.2) is 4.79 Å². The standard InChI is InChI=1S/C19H20O10/c20-8-13-14(23)15(24)16(25)19(28-13)29-17-12(22)7-11(27-18(17)26)6-3-9-1-4-10(21)5-2-9/h1-7,13-16,19-25H,8H2/b6-3+/t13-,14-,15+,16-,19+/m1/s1. The lowest BCUT2D eigenvalue weighted by Crippen LogP contribution is -2.60. The van der Waals surface area contributed by atoms with E-state index in [2.05, 4.69) is 0 Å². The van der Waals surface area contributed by atoms with Crippen LogP contribution in [0.15, 0.2) is 39.5 Å². The van der Waals surface area contributed by atoms with E-state index in [1.807, 2.05) is 0 Å². The Morgan fingerprint density at radius 1 is 1.00 bits per heavy atom. The van der Waals surface area contributed by atoms with E-state index in [-0.39, 0.29) is 11.5 Å². The van der Waals surface area contributed by atoms with Crippen molar-refractivity contribution >= 4 is 12.2 Å². The summed E-state index contributed by atoms with van der Waals surface area (Å²) in [4.78, 5) is 12.2. The van der Waals surface area contributed by atoms with E-state index in [1.54, 1.807) is 18.2 Å². The predicted molar refractivity (Wildman–Crippen MR) is 98.1 cm³/mol. The second kappa shape index (κ2) is 8.64. The first-order valence-electron chi connectivity index (χ1n) is 8.61. The van der Waals surface area contributed by atoms with Crippen molar-refractivity contribution in [1.82, 2.24) is 0 Å². The van der Waals surface area contributed by atoms with E-state index in [0.29, 0.717) is 5.56 Å². The summed E-state index contributed by atoms with van der Waals surface area (Å²) in [5.74, 6) is -1.18. The predicted octanol–water partition coefficient (Wildman–Crippen LogP) is -0.600. The third kappa shape index (κ3) is 4.58. The Morgan fingerprint density at radius 3 is 2.31 bits per heavy atom. The number of aliphatic hydroxyl groups is 4. The lowest BCUT2D eigenvalue weighted by molar-refractivity contribution is -0.278. The minimum absolute atomic E-state index is 0.00160. The second-order valence-corrected chi connectivity index (χ2v) is 6.39. The van der Waals surface area contributed by atoms with Crippen molar-refractivity contribution in [3.05, 3.63) is 52.1 Å². The van der Waals surface area contributed by atoms with Crippen LogP contribution in [0.2, 0.25) is 0 Å². The number of aromatic hydroxyl groups is 2. The molecule has 5 atom stereocenters. The summed E-state index contributed by atoms with van der Waals surface area (Å²) >= 11 is 0. The average molecular weight is 408 g/mol. The van der Waals surface area contributed by atoms with Crippen molar-refractivity contribution in [2.45, 2.75) is 30.7 Å². The smallest absolute Gasteiger partial charge is 0.383 e. The minimum Gasteiger partial charge on any atom is -0.508 e. The Balaban J connectivity index is 1.79. The van der Waals surface area contributed by atoms with Crippen LogP contribution < -0.4 is 10.4 Å². The van der Waals surface area contributed by atoms with Crippen molar-refractivity contribution in [3.63, 3.8) is 0 Å². The maximum Gasteiger partial charge on any atom is 0.383 e. The summed E-state index contributed by atoms with van der Waals surface area (Å²) < 4.78 is 15.3. The molecule has 29 heavy (non-hydrogen) atoms. The fourth-order valence-corrected chi connectivity index (χ4v) is 2.72. The zero-order valence-electron chi connectivity index (χ0n) is 15.0. The van der Waals surface area contributed by atoms with Crippen LogP contribution in [0.3, 0.4) is 0 Å². The molecule has 0 bridgehead atoms. The average Bonchev–Trinajstić information content (AvgIpc) is 2.70. The molecule has 156 valence electrons. The van der Waals surface area contributed by atoms with Crippen LogP contribution in [-0.2, 0) is 4.74 Å². The zero-order chi connectivity index (χ0) is 21.1. The Morgan fingerprint density at radius 2 is 1.69 bits per heavy atom. The summed E-state index contributed by atoms with van der Waals surface area (Å²) in [6.07, 6.45) is -4.93. The SMILES string of the molecule is O=c1oc(/C=C/c2ccc(O)cc2)cc(O)c1O[C@@H]1O[C@H](CO)[C@@H](O)[C@H](O)[C@H]1O. The summed E-state index contributed by atoms with van der Waals surface area (Å²) in [7, 11) is 0.